The summed E-state index contributed by atoms with van der Waals surface area (Å²) >= 11 is 6.05. The molecule has 1 saturated heterocycles. The number of hydrogen-bond donors (Lipinski definition) is 2. The second-order valence-electron chi connectivity index (χ2n) is 5.92. The second-order valence-corrected chi connectivity index (χ2v) is 6.32. The minimum atomic E-state index is -0.530. The third-order valence-corrected chi connectivity index (χ3v) is 4.50. The van der Waals surface area contributed by atoms with Crippen molar-refractivity contribution in [3.63, 3.8) is 0 Å². The lowest BCUT2D eigenvalue weighted by molar-refractivity contribution is -0.129. The molecule has 1 aromatic heterocycles. The number of amides is 1. The molecular formula is C17H16ClFN6O. The minimum Gasteiger partial charge on any atom is -0.327 e. The first kappa shape index (κ1) is 17.9. The van der Waals surface area contributed by atoms with Gasteiger partial charge in [0.15, 0.2) is 11.7 Å². The van der Waals surface area contributed by atoms with E-state index in [1.165, 1.54) is 46.6 Å². The Kier molecular flexibility index (Phi) is 4.94. The van der Waals surface area contributed by atoms with Gasteiger partial charge in [0.25, 0.3) is 5.91 Å². The Labute approximate surface area is 154 Å². The highest BCUT2D eigenvalue weighted by Crippen LogP contribution is 2.23. The lowest BCUT2D eigenvalue weighted by atomic mass is 10.1. The highest BCUT2D eigenvalue weighted by molar-refractivity contribution is 6.40. The van der Waals surface area contributed by atoms with Crippen LogP contribution in [0, 0.1) is 16.6 Å². The van der Waals surface area contributed by atoms with Gasteiger partial charge in [0.1, 0.15) is 11.5 Å². The lowest BCUT2D eigenvalue weighted by Crippen LogP contribution is -2.59. The Balaban J connectivity index is 1.80. The maximum Gasteiger partial charge on any atom is 0.289 e. The summed E-state index contributed by atoms with van der Waals surface area (Å²) in [6, 6.07) is 3.71. The van der Waals surface area contributed by atoms with E-state index in [1.54, 1.807) is 0 Å². The van der Waals surface area contributed by atoms with Crippen molar-refractivity contribution >= 4 is 29.2 Å². The Hall–Kier alpha value is -2.87. The molecular weight excluding hydrogens is 359 g/mol. The van der Waals surface area contributed by atoms with E-state index in [-0.39, 0.29) is 41.5 Å². The molecule has 1 fully saturated rings. The molecule has 1 amide bonds. The highest BCUT2D eigenvalue weighted by atomic mass is 35.5. The minimum absolute atomic E-state index is 0.0530. The largest absolute Gasteiger partial charge is 0.327 e. The molecule has 1 aromatic carbocycles. The Bertz CT molecular complexity index is 875. The molecule has 1 unspecified atom stereocenters. The van der Waals surface area contributed by atoms with Crippen LogP contribution < -0.4 is 0 Å². The number of nitrogens with one attached hydrogen (secondary N) is 2. The van der Waals surface area contributed by atoms with Gasteiger partial charge in [-0.15, -0.1) is 0 Å². The van der Waals surface area contributed by atoms with Gasteiger partial charge in [0.2, 0.25) is 0 Å². The summed E-state index contributed by atoms with van der Waals surface area (Å²) in [4.78, 5) is 23.4. The lowest BCUT2D eigenvalue weighted by Gasteiger charge is -2.40. The van der Waals surface area contributed by atoms with Crippen molar-refractivity contribution in [2.45, 2.75) is 19.5 Å². The SMILES string of the molecule is CC1CN(C(=N)c2cnccn2)C(=N)C(=O)N1Cc1ccc(F)cc1Cl. The van der Waals surface area contributed by atoms with Crippen molar-refractivity contribution in [2.24, 2.45) is 0 Å². The molecule has 26 heavy (non-hydrogen) atoms. The Morgan fingerprint density at radius 3 is 2.85 bits per heavy atom. The average Bonchev–Trinajstić information content (AvgIpc) is 2.63. The van der Waals surface area contributed by atoms with Gasteiger partial charge in [-0.05, 0) is 24.6 Å². The fraction of sp³-hybridized carbons (Fsp3) is 0.235. The predicted molar refractivity (Wildman–Crippen MR) is 94.7 cm³/mol. The summed E-state index contributed by atoms with van der Waals surface area (Å²) in [5.41, 5.74) is 0.880. The van der Waals surface area contributed by atoms with E-state index in [1.807, 2.05) is 6.92 Å². The van der Waals surface area contributed by atoms with E-state index in [4.69, 9.17) is 22.4 Å². The van der Waals surface area contributed by atoms with Gasteiger partial charge < -0.3 is 9.80 Å². The number of carbonyl (C=O) groups is 1. The standard InChI is InChI=1S/C17H16ClFN6O/c1-10-8-25(15(20)14-7-22-4-5-23-14)16(21)17(26)24(10)9-11-2-3-12(19)6-13(11)18/h2-7,10,20-21H,8-9H2,1H3. The molecule has 0 aliphatic carbocycles. The summed E-state index contributed by atoms with van der Waals surface area (Å²) in [7, 11) is 0. The van der Waals surface area contributed by atoms with Crippen molar-refractivity contribution in [3.8, 4) is 0 Å². The Morgan fingerprint density at radius 1 is 1.42 bits per heavy atom. The fourth-order valence-corrected chi connectivity index (χ4v) is 2.96. The molecule has 2 aromatic rings. The predicted octanol–water partition coefficient (Wildman–Crippen LogP) is 2.30. The van der Waals surface area contributed by atoms with Crippen molar-refractivity contribution in [1.82, 2.24) is 19.8 Å². The molecule has 7 nitrogen and oxygen atoms in total. The molecule has 134 valence electrons. The van der Waals surface area contributed by atoms with Crippen LogP contribution in [0.15, 0.2) is 36.8 Å². The van der Waals surface area contributed by atoms with E-state index >= 15 is 0 Å². The number of amidine groups is 2. The van der Waals surface area contributed by atoms with E-state index in [9.17, 15) is 9.18 Å². The maximum absolute atomic E-state index is 13.2. The van der Waals surface area contributed by atoms with Crippen LogP contribution >= 0.6 is 11.6 Å². The van der Waals surface area contributed by atoms with Crippen LogP contribution in [0.3, 0.4) is 0 Å². The topological polar surface area (TPSA) is 97.0 Å². The van der Waals surface area contributed by atoms with E-state index in [0.717, 1.165) is 0 Å². The summed E-state index contributed by atoms with van der Waals surface area (Å²) in [5, 5.41) is 16.6. The van der Waals surface area contributed by atoms with E-state index < -0.39 is 11.7 Å². The van der Waals surface area contributed by atoms with Crippen molar-refractivity contribution in [3.05, 3.63) is 58.9 Å². The fourth-order valence-electron chi connectivity index (χ4n) is 2.73. The number of aromatic nitrogens is 2. The molecule has 1 aliphatic rings. The van der Waals surface area contributed by atoms with E-state index in [0.29, 0.717) is 5.56 Å². The molecule has 3 rings (SSSR count). The van der Waals surface area contributed by atoms with Gasteiger partial charge in [-0.25, -0.2) is 9.37 Å². The Morgan fingerprint density at radius 2 is 2.19 bits per heavy atom. The van der Waals surface area contributed by atoms with Crippen LogP contribution in [0.1, 0.15) is 18.2 Å². The smallest absolute Gasteiger partial charge is 0.289 e. The third-order valence-electron chi connectivity index (χ3n) is 4.14. The summed E-state index contributed by atoms with van der Waals surface area (Å²) in [5.74, 6) is -1.36. The van der Waals surface area contributed by atoms with Crippen LogP contribution in [0.25, 0.3) is 0 Å². The molecule has 0 radical (unpaired) electrons. The zero-order chi connectivity index (χ0) is 18.8. The number of nitrogens with zero attached hydrogens (tertiary/aromatic N) is 4. The first-order chi connectivity index (χ1) is 12.4. The normalized spacial score (nSPS) is 17.6. The summed E-state index contributed by atoms with van der Waals surface area (Å²) in [6.07, 6.45) is 4.35. The van der Waals surface area contributed by atoms with Crippen molar-refractivity contribution in [1.29, 1.82) is 10.8 Å². The quantitative estimate of drug-likeness (QED) is 0.636. The van der Waals surface area contributed by atoms with Crippen LogP contribution in [0.5, 0.6) is 0 Å². The highest BCUT2D eigenvalue weighted by Gasteiger charge is 2.36. The number of halogens is 2. The molecule has 9 heteroatoms. The zero-order valence-corrected chi connectivity index (χ0v) is 14.7. The van der Waals surface area contributed by atoms with Crippen LogP contribution in [0.4, 0.5) is 4.39 Å². The molecule has 1 aliphatic heterocycles. The average molecular weight is 375 g/mol. The van der Waals surface area contributed by atoms with Gasteiger partial charge in [-0.3, -0.25) is 20.6 Å². The number of carbonyl (C=O) groups excluding carboxylic acids is 1. The molecule has 2 heterocycles. The van der Waals surface area contributed by atoms with Gasteiger partial charge in [0, 0.05) is 36.5 Å². The van der Waals surface area contributed by atoms with E-state index in [2.05, 4.69) is 9.97 Å². The van der Waals surface area contributed by atoms with Gasteiger partial charge in [0.05, 0.1) is 6.20 Å². The monoisotopic (exact) mass is 374 g/mol. The second kappa shape index (κ2) is 7.17. The number of piperazine rings is 1. The molecule has 1 atom stereocenters. The van der Waals surface area contributed by atoms with Gasteiger partial charge in [-0.2, -0.15) is 0 Å². The van der Waals surface area contributed by atoms with Crippen LogP contribution in [-0.4, -0.2) is 49.9 Å². The summed E-state index contributed by atoms with van der Waals surface area (Å²) in [6.45, 7) is 2.24. The first-order valence-corrected chi connectivity index (χ1v) is 8.22. The number of hydrogen-bond acceptors (Lipinski definition) is 5. The zero-order valence-electron chi connectivity index (χ0n) is 13.9. The molecule has 2 N–H and O–H groups in total. The van der Waals surface area contributed by atoms with Gasteiger partial charge in [-0.1, -0.05) is 17.7 Å². The number of rotatable bonds is 3. The van der Waals surface area contributed by atoms with Crippen molar-refractivity contribution in [2.75, 3.05) is 6.54 Å². The van der Waals surface area contributed by atoms with Gasteiger partial charge >= 0.3 is 0 Å². The van der Waals surface area contributed by atoms with Crippen LogP contribution in [0.2, 0.25) is 5.02 Å². The number of benzene rings is 1. The first-order valence-electron chi connectivity index (χ1n) is 7.84. The molecule has 0 bridgehead atoms. The maximum atomic E-state index is 13.2. The third kappa shape index (κ3) is 3.41. The molecule has 0 spiro atoms. The van der Waals surface area contributed by atoms with Crippen LogP contribution in [-0.2, 0) is 11.3 Å². The molecule has 0 saturated carbocycles. The summed E-state index contributed by atoms with van der Waals surface area (Å²) < 4.78 is 13.2. The van der Waals surface area contributed by atoms with Crippen molar-refractivity contribution < 1.29 is 9.18 Å².